The summed E-state index contributed by atoms with van der Waals surface area (Å²) in [5, 5.41) is 0. The van der Waals surface area contributed by atoms with E-state index in [-0.39, 0.29) is 5.54 Å². The number of hydrogen-bond acceptors (Lipinski definition) is 1. The molecule has 0 saturated heterocycles. The molecule has 0 aromatic heterocycles. The average Bonchev–Trinajstić information content (AvgIpc) is 2.56. The lowest BCUT2D eigenvalue weighted by atomic mass is 9.63. The SMILES string of the molecule is CC1(C)CCC2=NC3(C)C=CC=C[C@@H]3C2CC(C)(C)C1. The third-order valence-corrected chi connectivity index (χ3v) is 5.57. The van der Waals surface area contributed by atoms with E-state index in [4.69, 9.17) is 4.99 Å². The molecule has 0 amide bonds. The first-order valence-corrected chi connectivity index (χ1v) is 8.16. The van der Waals surface area contributed by atoms with E-state index < -0.39 is 0 Å². The number of allylic oxidation sites excluding steroid dienone is 2. The number of hydrogen-bond donors (Lipinski definition) is 0. The van der Waals surface area contributed by atoms with Crippen LogP contribution in [0.3, 0.4) is 0 Å². The van der Waals surface area contributed by atoms with Gasteiger partial charge in [0.2, 0.25) is 0 Å². The Labute approximate surface area is 124 Å². The van der Waals surface area contributed by atoms with E-state index >= 15 is 0 Å². The lowest BCUT2D eigenvalue weighted by molar-refractivity contribution is 0.143. The van der Waals surface area contributed by atoms with Gasteiger partial charge in [0.05, 0.1) is 5.54 Å². The first kappa shape index (κ1) is 14.1. The van der Waals surface area contributed by atoms with Gasteiger partial charge in [0.25, 0.3) is 0 Å². The number of nitrogens with zero attached hydrogens (tertiary/aromatic N) is 1. The monoisotopic (exact) mass is 271 g/mol. The van der Waals surface area contributed by atoms with Gasteiger partial charge < -0.3 is 0 Å². The first-order chi connectivity index (χ1) is 9.21. The number of rotatable bonds is 0. The van der Waals surface area contributed by atoms with Crippen molar-refractivity contribution in [2.45, 2.75) is 65.8 Å². The van der Waals surface area contributed by atoms with E-state index in [1.807, 2.05) is 0 Å². The van der Waals surface area contributed by atoms with Gasteiger partial charge in [0.1, 0.15) is 0 Å². The van der Waals surface area contributed by atoms with Gasteiger partial charge in [-0.15, -0.1) is 0 Å². The quantitative estimate of drug-likeness (QED) is 0.575. The molecule has 20 heavy (non-hydrogen) atoms. The van der Waals surface area contributed by atoms with Crippen LogP contribution in [0.4, 0.5) is 0 Å². The molecule has 110 valence electrons. The van der Waals surface area contributed by atoms with Gasteiger partial charge in [-0.3, -0.25) is 4.99 Å². The van der Waals surface area contributed by atoms with Gasteiger partial charge in [-0.25, -0.2) is 0 Å². The highest BCUT2D eigenvalue weighted by atomic mass is 14.9. The van der Waals surface area contributed by atoms with Gasteiger partial charge in [-0.2, -0.15) is 0 Å². The summed E-state index contributed by atoms with van der Waals surface area (Å²) in [7, 11) is 0. The molecule has 1 heteroatoms. The molecule has 1 nitrogen and oxygen atoms in total. The van der Waals surface area contributed by atoms with Crippen LogP contribution in [0.5, 0.6) is 0 Å². The van der Waals surface area contributed by atoms with Crippen LogP contribution in [0, 0.1) is 22.7 Å². The zero-order valence-electron chi connectivity index (χ0n) is 13.7. The second-order valence-corrected chi connectivity index (χ2v) is 8.91. The van der Waals surface area contributed by atoms with Gasteiger partial charge in [0.15, 0.2) is 0 Å². The fourth-order valence-electron chi connectivity index (χ4n) is 5.00. The van der Waals surface area contributed by atoms with Crippen LogP contribution in [0.25, 0.3) is 0 Å². The molecule has 3 aliphatic rings. The van der Waals surface area contributed by atoms with Crippen LogP contribution >= 0.6 is 0 Å². The maximum atomic E-state index is 5.18. The van der Waals surface area contributed by atoms with Crippen molar-refractivity contribution in [3.05, 3.63) is 24.3 Å². The molecule has 0 aromatic carbocycles. The lowest BCUT2D eigenvalue weighted by Crippen LogP contribution is -2.36. The topological polar surface area (TPSA) is 12.4 Å². The summed E-state index contributed by atoms with van der Waals surface area (Å²) in [6, 6.07) is 0. The Hall–Kier alpha value is -0.850. The Morgan fingerprint density at radius 3 is 2.55 bits per heavy atom. The number of aliphatic imine (C=N–C) groups is 1. The predicted octanol–water partition coefficient (Wildman–Crippen LogP) is 5.18. The third-order valence-electron chi connectivity index (χ3n) is 5.57. The van der Waals surface area contributed by atoms with Crippen molar-refractivity contribution >= 4 is 5.71 Å². The molecule has 1 saturated carbocycles. The molecular formula is C19H29N. The summed E-state index contributed by atoms with van der Waals surface area (Å²) >= 11 is 0. The lowest BCUT2D eigenvalue weighted by Gasteiger charge is -2.41. The molecule has 3 atom stereocenters. The van der Waals surface area contributed by atoms with Crippen LogP contribution in [-0.4, -0.2) is 11.3 Å². The van der Waals surface area contributed by atoms with E-state index in [1.54, 1.807) is 0 Å². The van der Waals surface area contributed by atoms with Crippen molar-refractivity contribution in [2.75, 3.05) is 0 Å². The Kier molecular flexibility index (Phi) is 3.05. The van der Waals surface area contributed by atoms with Gasteiger partial charge in [-0.1, -0.05) is 52.0 Å². The Balaban J connectivity index is 1.96. The van der Waals surface area contributed by atoms with Crippen molar-refractivity contribution in [3.8, 4) is 0 Å². The summed E-state index contributed by atoms with van der Waals surface area (Å²) in [6.45, 7) is 12.1. The van der Waals surface area contributed by atoms with Crippen LogP contribution in [-0.2, 0) is 0 Å². The highest BCUT2D eigenvalue weighted by Gasteiger charge is 2.48. The molecule has 2 unspecified atom stereocenters. The molecule has 2 aliphatic carbocycles. The standard InChI is InChI=1S/C19H29N/c1-17(2)11-9-16-14(12-18(3,4)13-17)15-8-6-7-10-19(15,5)20-16/h6-8,10,14-15H,9,11-13H2,1-5H3/t14?,15-,19?/m1/s1. The van der Waals surface area contributed by atoms with Crippen molar-refractivity contribution in [1.82, 2.24) is 0 Å². The van der Waals surface area contributed by atoms with Crippen LogP contribution < -0.4 is 0 Å². The minimum absolute atomic E-state index is 0.0271. The van der Waals surface area contributed by atoms with Gasteiger partial charge >= 0.3 is 0 Å². The van der Waals surface area contributed by atoms with Crippen molar-refractivity contribution in [2.24, 2.45) is 27.7 Å². The second kappa shape index (κ2) is 4.32. The van der Waals surface area contributed by atoms with Crippen LogP contribution in [0.15, 0.2) is 29.3 Å². The van der Waals surface area contributed by atoms with E-state index in [2.05, 4.69) is 58.9 Å². The Morgan fingerprint density at radius 2 is 1.80 bits per heavy atom. The molecule has 0 N–H and O–H groups in total. The Morgan fingerprint density at radius 1 is 1.05 bits per heavy atom. The van der Waals surface area contributed by atoms with Gasteiger partial charge in [0, 0.05) is 17.5 Å². The average molecular weight is 271 g/mol. The second-order valence-electron chi connectivity index (χ2n) is 8.91. The maximum Gasteiger partial charge on any atom is 0.0830 e. The smallest absolute Gasteiger partial charge is 0.0830 e. The third kappa shape index (κ3) is 2.40. The fourth-order valence-corrected chi connectivity index (χ4v) is 5.00. The highest BCUT2D eigenvalue weighted by molar-refractivity contribution is 5.90. The normalized spacial score (nSPS) is 41.4. The number of fused-ring (bicyclic) bond motifs is 3. The van der Waals surface area contributed by atoms with Crippen molar-refractivity contribution in [3.63, 3.8) is 0 Å². The zero-order chi connectivity index (χ0) is 14.6. The van der Waals surface area contributed by atoms with Crippen molar-refractivity contribution < 1.29 is 0 Å². The maximum absolute atomic E-state index is 5.18. The minimum atomic E-state index is 0.0271. The van der Waals surface area contributed by atoms with Crippen LogP contribution in [0.2, 0.25) is 0 Å². The molecule has 0 radical (unpaired) electrons. The van der Waals surface area contributed by atoms with Crippen molar-refractivity contribution in [1.29, 1.82) is 0 Å². The zero-order valence-corrected chi connectivity index (χ0v) is 13.7. The van der Waals surface area contributed by atoms with Gasteiger partial charge in [-0.05, 0) is 43.4 Å². The minimum Gasteiger partial charge on any atom is -0.283 e. The largest absolute Gasteiger partial charge is 0.283 e. The molecule has 1 fully saturated rings. The summed E-state index contributed by atoms with van der Waals surface area (Å²) in [4.78, 5) is 5.18. The summed E-state index contributed by atoms with van der Waals surface area (Å²) < 4.78 is 0. The molecule has 1 aliphatic heterocycles. The summed E-state index contributed by atoms with van der Waals surface area (Å²) in [6.07, 6.45) is 14.2. The van der Waals surface area contributed by atoms with Crippen LogP contribution in [0.1, 0.15) is 60.3 Å². The predicted molar refractivity (Wildman–Crippen MR) is 87.1 cm³/mol. The molecular weight excluding hydrogens is 242 g/mol. The molecule has 1 heterocycles. The highest BCUT2D eigenvalue weighted by Crippen LogP contribution is 2.51. The molecule has 0 spiro atoms. The van der Waals surface area contributed by atoms with E-state index in [0.29, 0.717) is 22.7 Å². The Bertz CT molecular complexity index is 492. The summed E-state index contributed by atoms with van der Waals surface area (Å²) in [5.74, 6) is 1.25. The molecule has 0 bridgehead atoms. The first-order valence-electron chi connectivity index (χ1n) is 8.16. The fraction of sp³-hybridized carbons (Fsp3) is 0.737. The van der Waals surface area contributed by atoms with E-state index in [0.717, 1.165) is 0 Å². The molecule has 3 rings (SSSR count). The molecule has 0 aromatic rings. The summed E-state index contributed by atoms with van der Waals surface area (Å²) in [5.41, 5.74) is 2.38. The van der Waals surface area contributed by atoms with E-state index in [1.165, 1.54) is 31.4 Å². The van der Waals surface area contributed by atoms with E-state index in [9.17, 15) is 0 Å².